The highest BCUT2D eigenvalue weighted by Gasteiger charge is 2.15. The van der Waals surface area contributed by atoms with E-state index in [2.05, 4.69) is 10.6 Å². The lowest BCUT2D eigenvalue weighted by molar-refractivity contribution is -0.384. The molecule has 2 rings (SSSR count). The zero-order chi connectivity index (χ0) is 19.8. The molecule has 0 aromatic heterocycles. The van der Waals surface area contributed by atoms with Crippen molar-refractivity contribution in [3.05, 3.63) is 80.5 Å². The van der Waals surface area contributed by atoms with Crippen LogP contribution in [0.1, 0.15) is 11.1 Å². The van der Waals surface area contributed by atoms with Crippen LogP contribution >= 0.6 is 11.6 Å². The Morgan fingerprint density at radius 3 is 2.52 bits per heavy atom. The Bertz CT molecular complexity index is 920. The summed E-state index contributed by atoms with van der Waals surface area (Å²) in [6.45, 7) is 0.325. The highest BCUT2D eigenvalue weighted by atomic mass is 35.5. The summed E-state index contributed by atoms with van der Waals surface area (Å²) in [6.07, 6.45) is 1.26. The molecule has 27 heavy (non-hydrogen) atoms. The minimum Gasteiger partial charge on any atom is -0.392 e. The Balaban J connectivity index is 2.02. The molecule has 0 aliphatic heterocycles. The number of rotatable bonds is 7. The first-order chi connectivity index (χ1) is 12.9. The molecular weight excluding hydrogens is 372 g/mol. The van der Waals surface area contributed by atoms with E-state index in [4.69, 9.17) is 22.0 Å². The fourth-order valence-electron chi connectivity index (χ4n) is 2.11. The molecule has 0 unspecified atom stereocenters. The SMILES string of the molecule is N#C/C(=C/NCc1ccc(CO)cc1)C(=O)Nc1ccc(Cl)c([N+](=O)[O-])c1. The zero-order valence-electron chi connectivity index (χ0n) is 14.0. The number of nitro groups is 1. The third kappa shape index (κ3) is 5.54. The molecule has 0 saturated carbocycles. The molecule has 9 heteroatoms. The lowest BCUT2D eigenvalue weighted by Gasteiger charge is -2.06. The van der Waals surface area contributed by atoms with Gasteiger partial charge in [-0.3, -0.25) is 14.9 Å². The first-order valence-electron chi connectivity index (χ1n) is 7.72. The molecule has 8 nitrogen and oxygen atoms in total. The molecule has 0 heterocycles. The summed E-state index contributed by atoms with van der Waals surface area (Å²) >= 11 is 5.72. The maximum Gasteiger partial charge on any atom is 0.289 e. The Hall–Kier alpha value is -3.41. The number of nitrogens with one attached hydrogen (secondary N) is 2. The van der Waals surface area contributed by atoms with Gasteiger partial charge in [0.25, 0.3) is 11.6 Å². The van der Waals surface area contributed by atoms with Gasteiger partial charge < -0.3 is 15.7 Å². The van der Waals surface area contributed by atoms with Crippen molar-refractivity contribution in [2.75, 3.05) is 5.32 Å². The van der Waals surface area contributed by atoms with E-state index >= 15 is 0 Å². The average Bonchev–Trinajstić information content (AvgIpc) is 2.67. The van der Waals surface area contributed by atoms with Crippen LogP contribution in [0, 0.1) is 21.4 Å². The van der Waals surface area contributed by atoms with Gasteiger partial charge in [-0.25, -0.2) is 0 Å². The minimum absolute atomic E-state index is 0.0464. The molecule has 1 amide bonds. The van der Waals surface area contributed by atoms with Crippen LogP contribution in [0.3, 0.4) is 0 Å². The number of amides is 1. The number of hydrogen-bond acceptors (Lipinski definition) is 6. The number of anilines is 1. The van der Waals surface area contributed by atoms with Crippen molar-refractivity contribution in [3.63, 3.8) is 0 Å². The second-order valence-electron chi connectivity index (χ2n) is 5.40. The number of nitriles is 1. The van der Waals surface area contributed by atoms with Gasteiger partial charge in [-0.2, -0.15) is 5.26 Å². The van der Waals surface area contributed by atoms with Crippen molar-refractivity contribution in [2.45, 2.75) is 13.2 Å². The number of halogens is 1. The predicted molar refractivity (Wildman–Crippen MR) is 99.6 cm³/mol. The van der Waals surface area contributed by atoms with Crippen molar-refractivity contribution in [1.29, 1.82) is 5.26 Å². The topological polar surface area (TPSA) is 128 Å². The van der Waals surface area contributed by atoms with E-state index < -0.39 is 10.8 Å². The number of nitro benzene ring substituents is 1. The van der Waals surface area contributed by atoms with Gasteiger partial charge in [-0.05, 0) is 23.3 Å². The zero-order valence-corrected chi connectivity index (χ0v) is 14.7. The summed E-state index contributed by atoms with van der Waals surface area (Å²) in [6, 6.07) is 12.7. The van der Waals surface area contributed by atoms with E-state index in [1.54, 1.807) is 18.2 Å². The van der Waals surface area contributed by atoms with Crippen molar-refractivity contribution >= 4 is 28.9 Å². The molecule has 0 fully saturated rings. The summed E-state index contributed by atoms with van der Waals surface area (Å²) in [4.78, 5) is 22.4. The quantitative estimate of drug-likeness (QED) is 0.290. The Morgan fingerprint density at radius 2 is 1.93 bits per heavy atom. The van der Waals surface area contributed by atoms with Gasteiger partial charge in [0.2, 0.25) is 0 Å². The summed E-state index contributed by atoms with van der Waals surface area (Å²) in [5, 5.41) is 34.3. The van der Waals surface area contributed by atoms with Crippen molar-refractivity contribution < 1.29 is 14.8 Å². The fraction of sp³-hybridized carbons (Fsp3) is 0.111. The van der Waals surface area contributed by atoms with Gasteiger partial charge in [0.15, 0.2) is 0 Å². The maximum absolute atomic E-state index is 12.2. The van der Waals surface area contributed by atoms with Crippen LogP contribution in [-0.2, 0) is 17.9 Å². The third-order valence-corrected chi connectivity index (χ3v) is 3.84. The van der Waals surface area contributed by atoms with Crippen LogP contribution in [0.15, 0.2) is 54.2 Å². The molecule has 2 aromatic rings. The van der Waals surface area contributed by atoms with Gasteiger partial charge in [-0.15, -0.1) is 0 Å². The molecular formula is C18H15ClN4O4. The number of carbonyl (C=O) groups is 1. The standard InChI is InChI=1S/C18H15ClN4O4/c19-16-6-5-15(7-17(16)23(26)27)22-18(25)14(8-20)10-21-9-12-1-3-13(11-24)4-2-12/h1-7,10,21,24H,9,11H2,(H,22,25)/b14-10-. The molecule has 2 aromatic carbocycles. The molecule has 0 saturated heterocycles. The molecule has 0 atom stereocenters. The predicted octanol–water partition coefficient (Wildman–Crippen LogP) is 2.88. The number of nitrogens with zero attached hydrogens (tertiary/aromatic N) is 2. The highest BCUT2D eigenvalue weighted by molar-refractivity contribution is 6.32. The maximum atomic E-state index is 12.2. The lowest BCUT2D eigenvalue weighted by atomic mass is 10.1. The van der Waals surface area contributed by atoms with E-state index in [0.717, 1.165) is 17.2 Å². The Kier molecular flexibility index (Phi) is 6.88. The van der Waals surface area contributed by atoms with Gasteiger partial charge >= 0.3 is 0 Å². The van der Waals surface area contributed by atoms with Crippen LogP contribution in [-0.4, -0.2) is 15.9 Å². The number of benzene rings is 2. The van der Waals surface area contributed by atoms with Crippen LogP contribution < -0.4 is 10.6 Å². The summed E-state index contributed by atoms with van der Waals surface area (Å²) in [7, 11) is 0. The monoisotopic (exact) mass is 386 g/mol. The van der Waals surface area contributed by atoms with Crippen molar-refractivity contribution in [3.8, 4) is 6.07 Å². The Labute approximate surface area is 159 Å². The van der Waals surface area contributed by atoms with Crippen LogP contribution in [0.2, 0.25) is 5.02 Å². The van der Waals surface area contributed by atoms with E-state index in [-0.39, 0.29) is 28.6 Å². The normalized spacial score (nSPS) is 10.8. The van der Waals surface area contributed by atoms with Gasteiger partial charge in [0.1, 0.15) is 16.7 Å². The second kappa shape index (κ2) is 9.33. The number of carbonyl (C=O) groups excluding carboxylic acids is 1. The first-order valence-corrected chi connectivity index (χ1v) is 8.10. The largest absolute Gasteiger partial charge is 0.392 e. The van der Waals surface area contributed by atoms with Gasteiger partial charge in [0.05, 0.1) is 11.5 Å². The number of aliphatic hydroxyl groups excluding tert-OH is 1. The third-order valence-electron chi connectivity index (χ3n) is 3.52. The summed E-state index contributed by atoms with van der Waals surface area (Å²) < 4.78 is 0. The molecule has 3 N–H and O–H groups in total. The number of aliphatic hydroxyl groups is 1. The fourth-order valence-corrected chi connectivity index (χ4v) is 2.30. The van der Waals surface area contributed by atoms with Crippen LogP contribution in [0.25, 0.3) is 0 Å². The van der Waals surface area contributed by atoms with E-state index in [0.29, 0.717) is 6.54 Å². The second-order valence-corrected chi connectivity index (χ2v) is 5.81. The first kappa shape index (κ1) is 19.9. The molecule has 0 spiro atoms. The molecule has 0 aliphatic rings. The molecule has 138 valence electrons. The van der Waals surface area contributed by atoms with Gasteiger partial charge in [0, 0.05) is 24.5 Å². The minimum atomic E-state index is -0.711. The van der Waals surface area contributed by atoms with E-state index in [1.165, 1.54) is 18.3 Å². The Morgan fingerprint density at radius 1 is 1.26 bits per heavy atom. The van der Waals surface area contributed by atoms with Crippen LogP contribution in [0.4, 0.5) is 11.4 Å². The smallest absolute Gasteiger partial charge is 0.289 e. The average molecular weight is 387 g/mol. The van der Waals surface area contributed by atoms with Crippen molar-refractivity contribution in [1.82, 2.24) is 5.32 Å². The summed E-state index contributed by atoms with van der Waals surface area (Å²) in [5.74, 6) is -0.711. The van der Waals surface area contributed by atoms with Gasteiger partial charge in [-0.1, -0.05) is 35.9 Å². The number of hydrogen-bond donors (Lipinski definition) is 3. The van der Waals surface area contributed by atoms with Crippen molar-refractivity contribution in [2.24, 2.45) is 0 Å². The summed E-state index contributed by atoms with van der Waals surface area (Å²) in [5.41, 5.74) is 1.29. The van der Waals surface area contributed by atoms with E-state index in [1.807, 2.05) is 12.1 Å². The van der Waals surface area contributed by atoms with E-state index in [9.17, 15) is 14.9 Å². The molecule has 0 aliphatic carbocycles. The highest BCUT2D eigenvalue weighted by Crippen LogP contribution is 2.27. The lowest BCUT2D eigenvalue weighted by Crippen LogP contribution is -2.16. The van der Waals surface area contributed by atoms with Crippen LogP contribution in [0.5, 0.6) is 0 Å². The molecule has 0 radical (unpaired) electrons. The molecule has 0 bridgehead atoms.